The molecule has 0 bridgehead atoms. The minimum Gasteiger partial charge on any atom is -0.447 e. The maximum Gasteiger partial charge on any atom is 0.299 e. The average molecular weight is 166 g/mol. The third kappa shape index (κ3) is 52.0. The van der Waals surface area contributed by atoms with E-state index >= 15 is 0 Å². The van der Waals surface area contributed by atoms with Gasteiger partial charge in [0.2, 0.25) is 0 Å². The Morgan fingerprint density at radius 1 is 1.60 bits per heavy atom. The molecule has 4 nitrogen and oxygen atoms in total. The molecule has 0 aliphatic carbocycles. The van der Waals surface area contributed by atoms with Crippen molar-refractivity contribution in [1.29, 1.82) is 0 Å². The number of hydrogen-bond donors (Lipinski definition) is 2. The Balaban J connectivity index is 0. The molecule has 0 saturated heterocycles. The highest BCUT2D eigenvalue weighted by Gasteiger charge is 1.62. The molecule has 0 aromatic carbocycles. The van der Waals surface area contributed by atoms with Gasteiger partial charge in [-0.15, -0.1) is 0 Å². The fourth-order valence-electron chi connectivity index (χ4n) is 0.144. The van der Waals surface area contributed by atoms with Crippen molar-refractivity contribution in [3.8, 4) is 12.0 Å². The Labute approximate surface area is 62.7 Å². The van der Waals surface area contributed by atoms with Crippen molar-refractivity contribution >= 4 is 11.4 Å². The molecule has 5 heteroatoms. The molecule has 0 atom stereocenters. The van der Waals surface area contributed by atoms with Gasteiger partial charge in [0.1, 0.15) is 6.11 Å². The van der Waals surface area contributed by atoms with Gasteiger partial charge < -0.3 is 4.74 Å². The highest BCUT2D eigenvalue weighted by atomic mass is 32.2. The van der Waals surface area contributed by atoms with Crippen LogP contribution in [0.1, 0.15) is 13.8 Å². The molecule has 0 amide bonds. The highest BCUT2D eigenvalue weighted by molar-refractivity contribution is 7.73. The van der Waals surface area contributed by atoms with Crippen LogP contribution in [0, 0.1) is 12.0 Å². The van der Waals surface area contributed by atoms with Gasteiger partial charge in [0, 0.05) is 6.92 Å². The molecular formula is C5H10O4S. The second-order valence-corrected chi connectivity index (χ2v) is 1.48. The summed E-state index contributed by atoms with van der Waals surface area (Å²) in [4.78, 5) is 0. The molecule has 10 heavy (non-hydrogen) atoms. The minimum absolute atomic E-state index is 0.681. The topological polar surface area (TPSA) is 66.8 Å². The van der Waals surface area contributed by atoms with Crippen LogP contribution in [-0.2, 0) is 16.1 Å². The molecule has 0 unspecified atom stereocenters. The van der Waals surface area contributed by atoms with Gasteiger partial charge in [-0.3, -0.25) is 9.11 Å². The highest BCUT2D eigenvalue weighted by Crippen LogP contribution is 1.61. The van der Waals surface area contributed by atoms with Crippen molar-refractivity contribution < 1.29 is 18.1 Å². The summed E-state index contributed by atoms with van der Waals surface area (Å²) in [7, 11) is 0. The molecule has 0 aromatic heterocycles. The summed E-state index contributed by atoms with van der Waals surface area (Å²) >= 11 is -2.61. The lowest BCUT2D eigenvalue weighted by atomic mass is 10.8. The normalized spacial score (nSPS) is 6.90. The monoisotopic (exact) mass is 166 g/mol. The van der Waals surface area contributed by atoms with Crippen LogP contribution in [-0.4, -0.2) is 19.9 Å². The van der Waals surface area contributed by atoms with E-state index in [-0.39, 0.29) is 0 Å². The summed E-state index contributed by atoms with van der Waals surface area (Å²) in [6.45, 7) is 4.33. The molecular weight excluding hydrogens is 156 g/mol. The van der Waals surface area contributed by atoms with Crippen molar-refractivity contribution in [1.82, 2.24) is 0 Å². The SMILES string of the molecule is CC#COCC.O=S(O)O. The van der Waals surface area contributed by atoms with E-state index in [1.165, 1.54) is 0 Å². The minimum atomic E-state index is -2.61. The zero-order valence-corrected chi connectivity index (χ0v) is 6.64. The van der Waals surface area contributed by atoms with Crippen LogP contribution in [0.3, 0.4) is 0 Å². The summed E-state index contributed by atoms with van der Waals surface area (Å²) in [6.07, 6.45) is 2.45. The summed E-state index contributed by atoms with van der Waals surface area (Å²) in [5, 5.41) is 0. The first-order valence-electron chi connectivity index (χ1n) is 2.48. The van der Waals surface area contributed by atoms with Crippen LogP contribution in [0.4, 0.5) is 0 Å². The molecule has 60 valence electrons. The first-order valence-corrected chi connectivity index (χ1v) is 3.55. The van der Waals surface area contributed by atoms with Crippen LogP contribution >= 0.6 is 0 Å². The Morgan fingerprint density at radius 3 is 2.10 bits per heavy atom. The standard InChI is InChI=1S/C5H8O.H2O3S/c1-3-5-6-4-2;1-4(2)3/h4H2,1-2H3;(H2,1,2,3). The van der Waals surface area contributed by atoms with Crippen LogP contribution in [0.15, 0.2) is 0 Å². The molecule has 0 heterocycles. The molecule has 0 aromatic rings. The zero-order chi connectivity index (χ0) is 8.41. The second-order valence-electron chi connectivity index (χ2n) is 1.02. The molecule has 0 saturated carbocycles. The van der Waals surface area contributed by atoms with E-state index in [2.05, 4.69) is 16.8 Å². The van der Waals surface area contributed by atoms with Gasteiger partial charge in [-0.1, -0.05) is 5.92 Å². The maximum atomic E-state index is 8.67. The third-order valence-corrected chi connectivity index (χ3v) is 0.319. The lowest BCUT2D eigenvalue weighted by Gasteiger charge is -1.80. The van der Waals surface area contributed by atoms with Gasteiger partial charge in [-0.25, -0.2) is 0 Å². The predicted molar refractivity (Wildman–Crippen MR) is 38.5 cm³/mol. The van der Waals surface area contributed by atoms with Crippen molar-refractivity contribution in [3.63, 3.8) is 0 Å². The lowest BCUT2D eigenvalue weighted by Crippen LogP contribution is -1.74. The molecule has 0 aliphatic rings. The van der Waals surface area contributed by atoms with Gasteiger partial charge in [-0.2, -0.15) is 4.21 Å². The van der Waals surface area contributed by atoms with Crippen molar-refractivity contribution in [2.75, 3.05) is 6.61 Å². The van der Waals surface area contributed by atoms with E-state index in [1.807, 2.05) is 6.92 Å². The lowest BCUT2D eigenvalue weighted by molar-refractivity contribution is 0.299. The van der Waals surface area contributed by atoms with E-state index < -0.39 is 11.4 Å². The largest absolute Gasteiger partial charge is 0.447 e. The molecule has 0 spiro atoms. The van der Waals surface area contributed by atoms with E-state index in [0.717, 1.165) is 0 Å². The Bertz CT molecular complexity index is 130. The number of ether oxygens (including phenoxy) is 1. The molecule has 0 fully saturated rings. The summed E-state index contributed by atoms with van der Waals surface area (Å²) in [5.41, 5.74) is 0. The molecule has 0 rings (SSSR count). The quantitative estimate of drug-likeness (QED) is 0.444. The van der Waals surface area contributed by atoms with Crippen molar-refractivity contribution in [2.45, 2.75) is 13.8 Å². The van der Waals surface area contributed by atoms with Crippen LogP contribution in [0.2, 0.25) is 0 Å². The van der Waals surface area contributed by atoms with Gasteiger partial charge in [0.05, 0.1) is 6.61 Å². The molecule has 2 N–H and O–H groups in total. The molecule has 0 aliphatic heterocycles. The predicted octanol–water partition coefficient (Wildman–Crippen LogP) is 0.685. The van der Waals surface area contributed by atoms with E-state index in [1.54, 1.807) is 6.92 Å². The smallest absolute Gasteiger partial charge is 0.299 e. The summed E-state index contributed by atoms with van der Waals surface area (Å²) in [5.74, 6) is 2.60. The Morgan fingerprint density at radius 2 is 2.00 bits per heavy atom. The van der Waals surface area contributed by atoms with Crippen LogP contribution in [0.5, 0.6) is 0 Å². The fourth-order valence-corrected chi connectivity index (χ4v) is 0.144. The maximum absolute atomic E-state index is 8.67. The van der Waals surface area contributed by atoms with Gasteiger partial charge in [0.25, 0.3) is 11.4 Å². The number of hydrogen-bond acceptors (Lipinski definition) is 2. The van der Waals surface area contributed by atoms with Crippen LogP contribution < -0.4 is 0 Å². The van der Waals surface area contributed by atoms with Gasteiger partial charge in [-0.05, 0) is 6.92 Å². The van der Waals surface area contributed by atoms with Crippen molar-refractivity contribution in [2.24, 2.45) is 0 Å². The first kappa shape index (κ1) is 12.1. The fraction of sp³-hybridized carbons (Fsp3) is 0.600. The Kier molecular flexibility index (Phi) is 13.7. The van der Waals surface area contributed by atoms with Crippen molar-refractivity contribution in [3.05, 3.63) is 0 Å². The van der Waals surface area contributed by atoms with Gasteiger partial charge in [0.15, 0.2) is 0 Å². The Hall–Kier alpha value is -0.570. The second kappa shape index (κ2) is 11.3. The van der Waals surface area contributed by atoms with E-state index in [4.69, 9.17) is 13.3 Å². The van der Waals surface area contributed by atoms with E-state index in [0.29, 0.717) is 6.61 Å². The molecule has 0 radical (unpaired) electrons. The number of rotatable bonds is 1. The van der Waals surface area contributed by atoms with E-state index in [9.17, 15) is 0 Å². The summed E-state index contributed by atoms with van der Waals surface area (Å²) in [6, 6.07) is 0. The summed E-state index contributed by atoms with van der Waals surface area (Å²) < 4.78 is 27.5. The third-order valence-electron chi connectivity index (χ3n) is 0.319. The van der Waals surface area contributed by atoms with Gasteiger partial charge >= 0.3 is 0 Å². The first-order chi connectivity index (χ1) is 4.65. The average Bonchev–Trinajstić information content (AvgIpc) is 1.82. The van der Waals surface area contributed by atoms with Crippen LogP contribution in [0.25, 0.3) is 0 Å². The zero-order valence-electron chi connectivity index (χ0n) is 5.83.